The van der Waals surface area contributed by atoms with Crippen LogP contribution in [0.15, 0.2) is 10.9 Å². The number of carbonyl (C=O) groups excluding carboxylic acids is 1. The Kier molecular flexibility index (Phi) is 5.49. The van der Waals surface area contributed by atoms with Gasteiger partial charge in [0, 0.05) is 18.3 Å². The number of nitrogens with zero attached hydrogens (tertiary/aromatic N) is 1. The molecule has 0 unspecified atom stereocenters. The minimum atomic E-state index is -1.41. The van der Waals surface area contributed by atoms with E-state index >= 15 is 0 Å². The largest absolute Gasteiger partial charge is 0.477 e. The van der Waals surface area contributed by atoms with Crippen LogP contribution in [0.2, 0.25) is 0 Å². The number of hydrogen-bond acceptors (Lipinski definition) is 4. The van der Waals surface area contributed by atoms with Gasteiger partial charge in [-0.1, -0.05) is 13.3 Å². The van der Waals surface area contributed by atoms with Gasteiger partial charge in [0.1, 0.15) is 11.3 Å². The molecule has 0 aliphatic carbocycles. The van der Waals surface area contributed by atoms with Gasteiger partial charge in [0.2, 0.25) is 0 Å². The van der Waals surface area contributed by atoms with Crippen LogP contribution in [0.3, 0.4) is 0 Å². The number of aryl methyl sites for hydroxylation is 1. The number of rotatable bonds is 6. The topological polar surface area (TPSA) is 85.6 Å². The quantitative estimate of drug-likeness (QED) is 0.804. The Balaban J connectivity index is 3.55. The minimum absolute atomic E-state index is 0.119. The van der Waals surface area contributed by atoms with Crippen molar-refractivity contribution in [2.45, 2.75) is 40.2 Å². The van der Waals surface area contributed by atoms with Crippen LogP contribution in [0, 0.1) is 6.92 Å². The number of hydrogen-bond donors (Lipinski definition) is 1. The predicted octanol–water partition coefficient (Wildman–Crippen LogP) is 1.83. The summed E-state index contributed by atoms with van der Waals surface area (Å²) >= 11 is 0. The van der Waals surface area contributed by atoms with Gasteiger partial charge in [0.15, 0.2) is 5.43 Å². The summed E-state index contributed by atoms with van der Waals surface area (Å²) in [5, 5.41) is 9.18. The summed E-state index contributed by atoms with van der Waals surface area (Å²) in [6.07, 6.45) is 1.66. The summed E-state index contributed by atoms with van der Waals surface area (Å²) in [6.45, 7) is 5.87. The van der Waals surface area contributed by atoms with Gasteiger partial charge in [-0.25, -0.2) is 9.59 Å². The number of aromatic carboxylic acids is 1. The smallest absolute Gasteiger partial charge is 0.356 e. The number of aromatic nitrogens is 1. The van der Waals surface area contributed by atoms with E-state index in [0.717, 1.165) is 12.8 Å². The van der Waals surface area contributed by atoms with Gasteiger partial charge in [0.05, 0.1) is 6.61 Å². The van der Waals surface area contributed by atoms with Gasteiger partial charge in [-0.3, -0.25) is 4.79 Å². The zero-order chi connectivity index (χ0) is 15.3. The van der Waals surface area contributed by atoms with Crippen LogP contribution in [-0.4, -0.2) is 28.2 Å². The molecule has 0 saturated heterocycles. The standard InChI is InChI=1S/C14H19NO5/c1-4-6-7-15-9(3)8-10(16)11(13(17)18)12(15)14(19)20-5-2/h8H,4-7H2,1-3H3,(H,17,18). The van der Waals surface area contributed by atoms with Crippen molar-refractivity contribution >= 4 is 11.9 Å². The van der Waals surface area contributed by atoms with Gasteiger partial charge < -0.3 is 14.4 Å². The lowest BCUT2D eigenvalue weighted by Crippen LogP contribution is -2.28. The van der Waals surface area contributed by atoms with Crippen LogP contribution in [-0.2, 0) is 11.3 Å². The predicted molar refractivity (Wildman–Crippen MR) is 73.3 cm³/mol. The molecular weight excluding hydrogens is 262 g/mol. The zero-order valence-electron chi connectivity index (χ0n) is 11.9. The first-order valence-corrected chi connectivity index (χ1v) is 6.58. The number of ether oxygens (including phenoxy) is 1. The van der Waals surface area contributed by atoms with E-state index in [4.69, 9.17) is 4.74 Å². The Hall–Kier alpha value is -2.11. The van der Waals surface area contributed by atoms with Crippen LogP contribution >= 0.6 is 0 Å². The van der Waals surface area contributed by atoms with E-state index in [0.29, 0.717) is 12.2 Å². The molecule has 0 bridgehead atoms. The average molecular weight is 281 g/mol. The van der Waals surface area contributed by atoms with Crippen molar-refractivity contribution in [2.75, 3.05) is 6.61 Å². The lowest BCUT2D eigenvalue weighted by molar-refractivity contribution is 0.0498. The summed E-state index contributed by atoms with van der Waals surface area (Å²) in [5.41, 5.74) is -0.815. The maximum Gasteiger partial charge on any atom is 0.356 e. The van der Waals surface area contributed by atoms with Gasteiger partial charge in [-0.2, -0.15) is 0 Å². The first-order chi connectivity index (χ1) is 9.43. The maximum absolute atomic E-state index is 12.0. The number of pyridine rings is 1. The number of carboxylic acids is 1. The molecule has 0 atom stereocenters. The molecule has 0 amide bonds. The molecule has 6 nitrogen and oxygen atoms in total. The van der Waals surface area contributed by atoms with Crippen molar-refractivity contribution in [3.63, 3.8) is 0 Å². The van der Waals surface area contributed by atoms with Crippen LogP contribution in [0.25, 0.3) is 0 Å². The molecule has 0 fully saturated rings. The number of unbranched alkanes of at least 4 members (excludes halogenated alkanes) is 1. The normalized spacial score (nSPS) is 10.3. The van der Waals surface area contributed by atoms with Crippen molar-refractivity contribution in [3.8, 4) is 0 Å². The molecule has 6 heteroatoms. The van der Waals surface area contributed by atoms with E-state index in [1.807, 2.05) is 6.92 Å². The van der Waals surface area contributed by atoms with Crippen molar-refractivity contribution in [1.29, 1.82) is 0 Å². The Morgan fingerprint density at radius 2 is 2.00 bits per heavy atom. The van der Waals surface area contributed by atoms with E-state index in [-0.39, 0.29) is 12.3 Å². The Morgan fingerprint density at radius 3 is 2.50 bits per heavy atom. The second kappa shape index (κ2) is 6.88. The number of esters is 1. The fraction of sp³-hybridized carbons (Fsp3) is 0.500. The van der Waals surface area contributed by atoms with Crippen LogP contribution in [0.5, 0.6) is 0 Å². The van der Waals surface area contributed by atoms with Crippen molar-refractivity contribution in [1.82, 2.24) is 4.57 Å². The third-order valence-electron chi connectivity index (χ3n) is 2.94. The Labute approximate surface area is 117 Å². The number of carboxylic acid groups (broad SMARTS) is 1. The molecule has 0 saturated carbocycles. The van der Waals surface area contributed by atoms with Crippen LogP contribution in [0.4, 0.5) is 0 Å². The summed E-state index contributed by atoms with van der Waals surface area (Å²) in [6, 6.07) is 1.24. The summed E-state index contributed by atoms with van der Waals surface area (Å²) in [4.78, 5) is 35.1. The SMILES string of the molecule is CCCCn1c(C)cc(=O)c(C(=O)O)c1C(=O)OCC. The van der Waals surface area contributed by atoms with E-state index in [1.165, 1.54) is 6.07 Å². The molecule has 1 rings (SSSR count). The highest BCUT2D eigenvalue weighted by Crippen LogP contribution is 2.12. The van der Waals surface area contributed by atoms with Gasteiger partial charge in [-0.05, 0) is 20.3 Å². The fourth-order valence-electron chi connectivity index (χ4n) is 1.99. The highest BCUT2D eigenvalue weighted by atomic mass is 16.5. The van der Waals surface area contributed by atoms with Crippen LogP contribution < -0.4 is 5.43 Å². The lowest BCUT2D eigenvalue weighted by Gasteiger charge is -2.17. The minimum Gasteiger partial charge on any atom is -0.477 e. The summed E-state index contributed by atoms with van der Waals surface area (Å²) in [7, 11) is 0. The second-order valence-corrected chi connectivity index (χ2v) is 4.40. The highest BCUT2D eigenvalue weighted by Gasteiger charge is 2.25. The highest BCUT2D eigenvalue weighted by molar-refractivity contribution is 6.01. The maximum atomic E-state index is 12.0. The fourth-order valence-corrected chi connectivity index (χ4v) is 1.99. The molecule has 0 radical (unpaired) electrons. The molecule has 1 aromatic rings. The zero-order valence-corrected chi connectivity index (χ0v) is 11.9. The van der Waals surface area contributed by atoms with Gasteiger partial charge >= 0.3 is 11.9 Å². The Bertz CT molecular complexity index is 574. The van der Waals surface area contributed by atoms with E-state index in [9.17, 15) is 19.5 Å². The molecule has 1 aromatic heterocycles. The van der Waals surface area contributed by atoms with Gasteiger partial charge in [0.25, 0.3) is 0 Å². The van der Waals surface area contributed by atoms with Crippen molar-refractivity contribution < 1.29 is 19.4 Å². The molecule has 1 heterocycles. The molecular formula is C14H19NO5. The molecule has 1 N–H and O–H groups in total. The summed E-state index contributed by atoms with van der Waals surface area (Å²) < 4.78 is 6.44. The number of carbonyl (C=O) groups is 2. The Morgan fingerprint density at radius 1 is 1.35 bits per heavy atom. The molecule has 20 heavy (non-hydrogen) atoms. The van der Waals surface area contributed by atoms with E-state index < -0.39 is 22.9 Å². The van der Waals surface area contributed by atoms with Crippen molar-refractivity contribution in [3.05, 3.63) is 33.2 Å². The first-order valence-electron chi connectivity index (χ1n) is 6.58. The first kappa shape index (κ1) is 15.9. The monoisotopic (exact) mass is 281 g/mol. The van der Waals surface area contributed by atoms with Gasteiger partial charge in [-0.15, -0.1) is 0 Å². The average Bonchev–Trinajstić information content (AvgIpc) is 2.36. The van der Waals surface area contributed by atoms with Crippen molar-refractivity contribution in [2.24, 2.45) is 0 Å². The van der Waals surface area contributed by atoms with Crippen LogP contribution in [0.1, 0.15) is 53.2 Å². The lowest BCUT2D eigenvalue weighted by atomic mass is 10.1. The van der Waals surface area contributed by atoms with E-state index in [1.54, 1.807) is 18.4 Å². The van der Waals surface area contributed by atoms with E-state index in [2.05, 4.69) is 0 Å². The second-order valence-electron chi connectivity index (χ2n) is 4.40. The third-order valence-corrected chi connectivity index (χ3v) is 2.94. The third kappa shape index (κ3) is 3.26. The summed E-state index contributed by atoms with van der Waals surface area (Å²) in [5.74, 6) is -2.19. The molecule has 0 spiro atoms. The molecule has 0 aliphatic heterocycles. The molecule has 0 aromatic carbocycles. The molecule has 0 aliphatic rings. The molecule has 110 valence electrons.